The molecule has 14 heavy (non-hydrogen) atoms. The van der Waals surface area contributed by atoms with Gasteiger partial charge in [0.2, 0.25) is 0 Å². The van der Waals surface area contributed by atoms with Crippen LogP contribution in [0.2, 0.25) is 0 Å². The van der Waals surface area contributed by atoms with Gasteiger partial charge < -0.3 is 4.90 Å². The van der Waals surface area contributed by atoms with Crippen LogP contribution in [-0.2, 0) is 5.34 Å². The summed E-state index contributed by atoms with van der Waals surface area (Å²) in [4.78, 5) is 2.23. The topological polar surface area (TPSA) is 3.24 Å². The van der Waals surface area contributed by atoms with Crippen LogP contribution >= 0.6 is 15.9 Å². The van der Waals surface area contributed by atoms with E-state index in [1.807, 2.05) is 0 Å². The third kappa shape index (κ3) is 2.23. The smallest absolute Gasteiger partial charge is 0.122 e. The number of benzene rings is 1. The SMILES string of the molecule is BC(B)(c1ccc(Br)c(C)c1)N(C)C. The van der Waals surface area contributed by atoms with Gasteiger partial charge in [-0.2, -0.15) is 0 Å². The van der Waals surface area contributed by atoms with Gasteiger partial charge >= 0.3 is 0 Å². The highest BCUT2D eigenvalue weighted by atomic mass is 79.9. The van der Waals surface area contributed by atoms with Crippen molar-refractivity contribution in [3.8, 4) is 0 Å². The summed E-state index contributed by atoms with van der Waals surface area (Å²) in [6, 6.07) is 6.54. The Labute approximate surface area is 96.8 Å². The molecule has 0 fully saturated rings. The summed E-state index contributed by atoms with van der Waals surface area (Å²) in [6.45, 7) is 2.12. The summed E-state index contributed by atoms with van der Waals surface area (Å²) in [5.41, 5.74) is 2.64. The van der Waals surface area contributed by atoms with Gasteiger partial charge in [0.25, 0.3) is 0 Å². The fourth-order valence-electron chi connectivity index (χ4n) is 1.28. The average molecular weight is 252 g/mol. The Bertz CT molecular complexity index is 337. The summed E-state index contributed by atoms with van der Waals surface area (Å²) in [7, 11) is 8.68. The van der Waals surface area contributed by atoms with Crippen LogP contribution in [0.4, 0.5) is 0 Å². The summed E-state index contributed by atoms with van der Waals surface area (Å²) >= 11 is 3.52. The molecule has 0 aliphatic carbocycles. The molecule has 0 radical (unpaired) electrons. The number of halogens is 1. The molecule has 4 heteroatoms. The van der Waals surface area contributed by atoms with Crippen molar-refractivity contribution in [3.05, 3.63) is 33.8 Å². The molecule has 0 spiro atoms. The van der Waals surface area contributed by atoms with Crippen LogP contribution in [0.25, 0.3) is 0 Å². The normalized spacial score (nSPS) is 12.1. The van der Waals surface area contributed by atoms with Gasteiger partial charge in [0.05, 0.1) is 0 Å². The molecule has 0 aliphatic heterocycles. The van der Waals surface area contributed by atoms with Gasteiger partial charge in [-0.05, 0) is 43.5 Å². The molecule has 0 unspecified atom stereocenters. The maximum Gasteiger partial charge on any atom is 0.122 e. The fraction of sp³-hybridized carbons (Fsp3) is 0.400. The van der Waals surface area contributed by atoms with Crippen molar-refractivity contribution in [2.24, 2.45) is 0 Å². The summed E-state index contributed by atoms with van der Waals surface area (Å²) < 4.78 is 1.18. The molecule has 1 aromatic rings. The lowest BCUT2D eigenvalue weighted by Gasteiger charge is -2.34. The van der Waals surface area contributed by atoms with Gasteiger partial charge in [-0.15, -0.1) is 0 Å². The van der Waals surface area contributed by atoms with Crippen LogP contribution in [0, 0.1) is 6.92 Å². The first-order valence-corrected chi connectivity index (χ1v) is 5.59. The molecular weight excluding hydrogens is 236 g/mol. The van der Waals surface area contributed by atoms with Crippen LogP contribution in [0.15, 0.2) is 22.7 Å². The van der Waals surface area contributed by atoms with Crippen LogP contribution in [0.1, 0.15) is 11.1 Å². The molecule has 1 nitrogen and oxygen atoms in total. The largest absolute Gasteiger partial charge is 0.315 e. The zero-order valence-corrected chi connectivity index (χ0v) is 11.1. The lowest BCUT2D eigenvalue weighted by Crippen LogP contribution is -2.42. The minimum atomic E-state index is 0.0888. The van der Waals surface area contributed by atoms with Crippen molar-refractivity contribution in [2.45, 2.75) is 12.3 Å². The quantitative estimate of drug-likeness (QED) is 0.700. The fourth-order valence-corrected chi connectivity index (χ4v) is 1.53. The monoisotopic (exact) mass is 251 g/mol. The summed E-state index contributed by atoms with van der Waals surface area (Å²) in [5, 5.41) is 0.0888. The molecule has 0 atom stereocenters. The highest BCUT2D eigenvalue weighted by Gasteiger charge is 2.22. The Kier molecular flexibility index (Phi) is 3.49. The molecule has 0 aromatic heterocycles. The Balaban J connectivity index is 3.14. The van der Waals surface area contributed by atoms with Gasteiger partial charge in [-0.1, -0.05) is 28.1 Å². The molecule has 0 N–H and O–H groups in total. The summed E-state index contributed by atoms with van der Waals surface area (Å²) in [6.07, 6.45) is 0. The van der Waals surface area contributed by atoms with E-state index in [1.165, 1.54) is 15.6 Å². The van der Waals surface area contributed by atoms with E-state index in [4.69, 9.17) is 0 Å². The Morgan fingerprint density at radius 2 is 1.86 bits per heavy atom. The molecule has 0 heterocycles. The van der Waals surface area contributed by atoms with E-state index in [-0.39, 0.29) is 5.34 Å². The van der Waals surface area contributed by atoms with Gasteiger partial charge in [0, 0.05) is 4.47 Å². The van der Waals surface area contributed by atoms with Crippen molar-refractivity contribution in [1.29, 1.82) is 0 Å². The van der Waals surface area contributed by atoms with E-state index >= 15 is 0 Å². The first-order chi connectivity index (χ1) is 6.35. The Morgan fingerprint density at radius 1 is 1.29 bits per heavy atom. The van der Waals surface area contributed by atoms with Crippen molar-refractivity contribution in [3.63, 3.8) is 0 Å². The Morgan fingerprint density at radius 3 is 2.29 bits per heavy atom. The highest BCUT2D eigenvalue weighted by Crippen LogP contribution is 2.24. The van der Waals surface area contributed by atoms with Gasteiger partial charge in [-0.25, -0.2) is 0 Å². The minimum absolute atomic E-state index is 0.0888. The van der Waals surface area contributed by atoms with Gasteiger partial charge in [0.15, 0.2) is 0 Å². The standard InChI is InChI=1S/C10H16B2BrN/c1-7-6-8(4-5-9(7)13)10(11,12)14(2)3/h4-6H,11-12H2,1-3H3. The van der Waals surface area contributed by atoms with E-state index < -0.39 is 0 Å². The van der Waals surface area contributed by atoms with E-state index in [2.05, 4.69) is 75.7 Å². The van der Waals surface area contributed by atoms with Crippen molar-refractivity contribution < 1.29 is 0 Å². The molecule has 0 saturated carbocycles. The maximum atomic E-state index is 3.52. The first-order valence-electron chi connectivity index (χ1n) is 4.80. The number of aryl methyl sites for hydroxylation is 1. The number of rotatable bonds is 2. The number of hydrogen-bond donors (Lipinski definition) is 0. The first kappa shape index (κ1) is 11.9. The zero-order chi connectivity index (χ0) is 10.9. The molecule has 74 valence electrons. The molecule has 0 amide bonds. The lowest BCUT2D eigenvalue weighted by molar-refractivity contribution is 0.341. The van der Waals surface area contributed by atoms with E-state index in [9.17, 15) is 0 Å². The van der Waals surface area contributed by atoms with Crippen molar-refractivity contribution in [1.82, 2.24) is 4.90 Å². The maximum absolute atomic E-state index is 3.52. The van der Waals surface area contributed by atoms with Crippen LogP contribution in [0.5, 0.6) is 0 Å². The molecule has 0 bridgehead atoms. The van der Waals surface area contributed by atoms with Crippen LogP contribution < -0.4 is 0 Å². The molecule has 1 aromatic carbocycles. The average Bonchev–Trinajstić information content (AvgIpc) is 2.09. The second-order valence-corrected chi connectivity index (χ2v) is 5.27. The van der Waals surface area contributed by atoms with E-state index in [0.717, 1.165) is 0 Å². The molecular formula is C10H16B2BrN. The van der Waals surface area contributed by atoms with E-state index in [1.54, 1.807) is 0 Å². The third-order valence-electron chi connectivity index (χ3n) is 2.98. The molecule has 0 aliphatic rings. The van der Waals surface area contributed by atoms with Crippen molar-refractivity contribution >= 4 is 31.6 Å². The van der Waals surface area contributed by atoms with E-state index in [0.29, 0.717) is 0 Å². The molecule has 0 saturated heterocycles. The number of hydrogen-bond acceptors (Lipinski definition) is 1. The van der Waals surface area contributed by atoms with Crippen LogP contribution in [-0.4, -0.2) is 34.7 Å². The Hall–Kier alpha value is -0.210. The number of nitrogens with zero attached hydrogens (tertiary/aromatic N) is 1. The zero-order valence-electron chi connectivity index (χ0n) is 9.56. The highest BCUT2D eigenvalue weighted by molar-refractivity contribution is 9.10. The van der Waals surface area contributed by atoms with Crippen LogP contribution in [0.3, 0.4) is 0 Å². The van der Waals surface area contributed by atoms with Gasteiger partial charge in [-0.3, -0.25) is 0 Å². The predicted molar refractivity (Wildman–Crippen MR) is 71.3 cm³/mol. The second kappa shape index (κ2) is 4.11. The third-order valence-corrected chi connectivity index (χ3v) is 3.87. The van der Waals surface area contributed by atoms with Crippen molar-refractivity contribution in [2.75, 3.05) is 14.1 Å². The second-order valence-electron chi connectivity index (χ2n) is 4.42. The summed E-state index contributed by atoms with van der Waals surface area (Å²) in [5.74, 6) is 0. The minimum Gasteiger partial charge on any atom is -0.315 e. The van der Waals surface area contributed by atoms with Gasteiger partial charge in [0.1, 0.15) is 15.7 Å². The molecule has 1 rings (SSSR count). The lowest BCUT2D eigenvalue weighted by atomic mass is 9.57. The predicted octanol–water partition coefficient (Wildman–Crippen LogP) is 0.696.